The molecule has 2 aliphatic rings. The normalized spacial score (nSPS) is 49.6. The molecule has 0 aromatic heterocycles. The molecule has 3 nitrogen and oxygen atoms in total. The Kier molecular flexibility index (Phi) is 1.87. The van der Waals surface area contributed by atoms with E-state index < -0.39 is 0 Å². The van der Waals surface area contributed by atoms with E-state index in [0.717, 1.165) is 6.61 Å². The summed E-state index contributed by atoms with van der Waals surface area (Å²) in [6.07, 6.45) is 0.625. The molecule has 0 bridgehead atoms. The standard InChI is InChI=1S/C8H14O3/c1-5-3-10-8-6(9-2)4-11-7(5)8/h5-8H,3-4H2,1-2H3/t5?,6?,7-,8-/m1/s1. The molecule has 2 heterocycles. The molecule has 2 rings (SSSR count). The van der Waals surface area contributed by atoms with Crippen molar-refractivity contribution in [2.45, 2.75) is 25.2 Å². The summed E-state index contributed by atoms with van der Waals surface area (Å²) in [4.78, 5) is 0. The van der Waals surface area contributed by atoms with E-state index in [1.54, 1.807) is 7.11 Å². The van der Waals surface area contributed by atoms with Gasteiger partial charge < -0.3 is 14.2 Å². The number of methoxy groups -OCH3 is 1. The van der Waals surface area contributed by atoms with E-state index in [-0.39, 0.29) is 18.3 Å². The SMILES string of the molecule is COC1CO[C@@H]2C(C)CO[C@H]12. The van der Waals surface area contributed by atoms with E-state index in [0.29, 0.717) is 12.5 Å². The molecule has 2 saturated heterocycles. The fourth-order valence-electron chi connectivity index (χ4n) is 1.86. The molecule has 4 atom stereocenters. The number of hydrogen-bond donors (Lipinski definition) is 0. The summed E-state index contributed by atoms with van der Waals surface area (Å²) in [6, 6.07) is 0. The van der Waals surface area contributed by atoms with Crippen molar-refractivity contribution in [2.24, 2.45) is 5.92 Å². The van der Waals surface area contributed by atoms with Crippen molar-refractivity contribution in [2.75, 3.05) is 20.3 Å². The first-order valence-corrected chi connectivity index (χ1v) is 4.09. The van der Waals surface area contributed by atoms with E-state index in [1.807, 2.05) is 0 Å². The molecule has 2 fully saturated rings. The highest BCUT2D eigenvalue weighted by molar-refractivity contribution is 4.92. The van der Waals surface area contributed by atoms with Crippen LogP contribution in [-0.2, 0) is 14.2 Å². The molecule has 3 heteroatoms. The van der Waals surface area contributed by atoms with E-state index in [9.17, 15) is 0 Å². The third-order valence-electron chi connectivity index (χ3n) is 2.56. The Hall–Kier alpha value is -0.120. The van der Waals surface area contributed by atoms with Crippen molar-refractivity contribution in [3.63, 3.8) is 0 Å². The molecule has 0 aromatic carbocycles. The smallest absolute Gasteiger partial charge is 0.112 e. The van der Waals surface area contributed by atoms with Crippen LogP contribution in [0.5, 0.6) is 0 Å². The quantitative estimate of drug-likeness (QED) is 0.554. The van der Waals surface area contributed by atoms with Crippen LogP contribution in [-0.4, -0.2) is 38.6 Å². The van der Waals surface area contributed by atoms with Gasteiger partial charge in [0.15, 0.2) is 0 Å². The summed E-state index contributed by atoms with van der Waals surface area (Å²) in [5, 5.41) is 0. The van der Waals surface area contributed by atoms with Crippen LogP contribution in [0, 0.1) is 5.92 Å². The summed E-state index contributed by atoms with van der Waals surface area (Å²) in [5.74, 6) is 0.528. The second kappa shape index (κ2) is 2.73. The molecule has 0 aromatic rings. The van der Waals surface area contributed by atoms with Gasteiger partial charge in [-0.1, -0.05) is 6.92 Å². The Balaban J connectivity index is 2.04. The van der Waals surface area contributed by atoms with Crippen LogP contribution in [0.15, 0.2) is 0 Å². The zero-order chi connectivity index (χ0) is 7.84. The van der Waals surface area contributed by atoms with Crippen molar-refractivity contribution in [1.29, 1.82) is 0 Å². The van der Waals surface area contributed by atoms with Gasteiger partial charge in [0.1, 0.15) is 12.2 Å². The van der Waals surface area contributed by atoms with Crippen molar-refractivity contribution in [3.8, 4) is 0 Å². The molecular weight excluding hydrogens is 144 g/mol. The van der Waals surface area contributed by atoms with Gasteiger partial charge in [-0.2, -0.15) is 0 Å². The predicted octanol–water partition coefficient (Wildman–Crippen LogP) is 0.435. The number of fused-ring (bicyclic) bond motifs is 1. The summed E-state index contributed by atoms with van der Waals surface area (Å²) in [5.41, 5.74) is 0. The van der Waals surface area contributed by atoms with Crippen LogP contribution in [0.1, 0.15) is 6.92 Å². The first-order valence-electron chi connectivity index (χ1n) is 4.09. The van der Waals surface area contributed by atoms with Crippen molar-refractivity contribution >= 4 is 0 Å². The topological polar surface area (TPSA) is 27.7 Å². The maximum absolute atomic E-state index is 5.54. The van der Waals surface area contributed by atoms with E-state index in [2.05, 4.69) is 6.92 Å². The molecule has 2 unspecified atom stereocenters. The van der Waals surface area contributed by atoms with Gasteiger partial charge >= 0.3 is 0 Å². The van der Waals surface area contributed by atoms with E-state index >= 15 is 0 Å². The van der Waals surface area contributed by atoms with Crippen LogP contribution >= 0.6 is 0 Å². The van der Waals surface area contributed by atoms with Crippen molar-refractivity contribution < 1.29 is 14.2 Å². The highest BCUT2D eigenvalue weighted by Crippen LogP contribution is 2.31. The Bertz CT molecular complexity index is 148. The van der Waals surface area contributed by atoms with E-state index in [1.165, 1.54) is 0 Å². The second-order valence-electron chi connectivity index (χ2n) is 3.35. The summed E-state index contributed by atoms with van der Waals surface area (Å²) >= 11 is 0. The minimum Gasteiger partial charge on any atom is -0.376 e. The Labute approximate surface area is 66.6 Å². The van der Waals surface area contributed by atoms with Crippen LogP contribution in [0.25, 0.3) is 0 Å². The van der Waals surface area contributed by atoms with Gasteiger partial charge in [-0.3, -0.25) is 0 Å². The third-order valence-corrected chi connectivity index (χ3v) is 2.56. The molecule has 0 saturated carbocycles. The van der Waals surface area contributed by atoms with Gasteiger partial charge in [0, 0.05) is 13.0 Å². The first-order chi connectivity index (χ1) is 5.33. The molecule has 0 N–H and O–H groups in total. The Morgan fingerprint density at radius 1 is 1.18 bits per heavy atom. The highest BCUT2D eigenvalue weighted by atomic mass is 16.6. The average molecular weight is 158 g/mol. The maximum Gasteiger partial charge on any atom is 0.112 e. The lowest BCUT2D eigenvalue weighted by Crippen LogP contribution is -2.29. The lowest BCUT2D eigenvalue weighted by Gasteiger charge is -2.13. The van der Waals surface area contributed by atoms with Gasteiger partial charge in [0.2, 0.25) is 0 Å². The zero-order valence-electron chi connectivity index (χ0n) is 6.95. The average Bonchev–Trinajstić information content (AvgIpc) is 2.53. The largest absolute Gasteiger partial charge is 0.376 e. The van der Waals surface area contributed by atoms with Gasteiger partial charge in [-0.15, -0.1) is 0 Å². The second-order valence-corrected chi connectivity index (χ2v) is 3.35. The number of ether oxygens (including phenoxy) is 3. The molecule has 2 aliphatic heterocycles. The summed E-state index contributed by atoms with van der Waals surface area (Å²) in [6.45, 7) is 3.66. The molecule has 11 heavy (non-hydrogen) atoms. The lowest BCUT2D eigenvalue weighted by atomic mass is 10.0. The van der Waals surface area contributed by atoms with Crippen LogP contribution in [0.3, 0.4) is 0 Å². The molecule has 0 radical (unpaired) electrons. The predicted molar refractivity (Wildman–Crippen MR) is 39.4 cm³/mol. The Morgan fingerprint density at radius 2 is 1.91 bits per heavy atom. The summed E-state index contributed by atoms with van der Waals surface area (Å²) in [7, 11) is 1.71. The highest BCUT2D eigenvalue weighted by Gasteiger charge is 2.45. The maximum atomic E-state index is 5.54. The van der Waals surface area contributed by atoms with Crippen LogP contribution < -0.4 is 0 Å². The first kappa shape index (κ1) is 7.53. The van der Waals surface area contributed by atoms with Gasteiger partial charge in [-0.05, 0) is 0 Å². The molecular formula is C8H14O3. The van der Waals surface area contributed by atoms with Gasteiger partial charge in [-0.25, -0.2) is 0 Å². The molecule has 64 valence electrons. The van der Waals surface area contributed by atoms with Crippen molar-refractivity contribution in [3.05, 3.63) is 0 Å². The van der Waals surface area contributed by atoms with Gasteiger partial charge in [0.05, 0.1) is 19.3 Å². The van der Waals surface area contributed by atoms with Crippen LogP contribution in [0.2, 0.25) is 0 Å². The van der Waals surface area contributed by atoms with Crippen molar-refractivity contribution in [1.82, 2.24) is 0 Å². The lowest BCUT2D eigenvalue weighted by molar-refractivity contribution is -0.00878. The molecule has 0 amide bonds. The number of rotatable bonds is 1. The third kappa shape index (κ3) is 1.08. The Morgan fingerprint density at radius 3 is 2.64 bits per heavy atom. The van der Waals surface area contributed by atoms with E-state index in [4.69, 9.17) is 14.2 Å². The number of hydrogen-bond acceptors (Lipinski definition) is 3. The fourth-order valence-corrected chi connectivity index (χ4v) is 1.86. The minimum absolute atomic E-state index is 0.157. The fraction of sp³-hybridized carbons (Fsp3) is 1.00. The summed E-state index contributed by atoms with van der Waals surface area (Å²) < 4.78 is 16.3. The molecule has 0 aliphatic carbocycles. The monoisotopic (exact) mass is 158 g/mol. The van der Waals surface area contributed by atoms with Gasteiger partial charge in [0.25, 0.3) is 0 Å². The zero-order valence-corrected chi connectivity index (χ0v) is 6.95. The molecule has 0 spiro atoms. The van der Waals surface area contributed by atoms with Crippen LogP contribution in [0.4, 0.5) is 0 Å². The minimum atomic E-state index is 0.157.